The topological polar surface area (TPSA) is 58.0 Å². The molecule has 1 aliphatic heterocycles. The lowest BCUT2D eigenvalue weighted by molar-refractivity contribution is 0.312. The van der Waals surface area contributed by atoms with Crippen LogP contribution in [0.2, 0.25) is 5.15 Å². The second-order valence-corrected chi connectivity index (χ2v) is 6.25. The fourth-order valence-corrected chi connectivity index (χ4v) is 2.98. The molecule has 0 N–H and O–H groups in total. The van der Waals surface area contributed by atoms with Crippen LogP contribution in [-0.2, 0) is 0 Å². The van der Waals surface area contributed by atoms with E-state index in [1.165, 1.54) is 0 Å². The van der Waals surface area contributed by atoms with E-state index in [4.69, 9.17) is 11.6 Å². The lowest BCUT2D eigenvalue weighted by Crippen LogP contribution is -2.44. The zero-order valence-electron chi connectivity index (χ0n) is 13.4. The van der Waals surface area contributed by atoms with Gasteiger partial charge in [0.15, 0.2) is 16.6 Å². The predicted octanol–water partition coefficient (Wildman–Crippen LogP) is 2.49. The molecule has 1 saturated heterocycles. The van der Waals surface area contributed by atoms with Crippen molar-refractivity contribution in [3.8, 4) is 11.4 Å². The Morgan fingerprint density at radius 2 is 1.71 bits per heavy atom. The van der Waals surface area contributed by atoms with E-state index in [9.17, 15) is 0 Å². The fourth-order valence-electron chi connectivity index (χ4n) is 2.77. The molecule has 24 heavy (non-hydrogen) atoms. The molecule has 6 nitrogen and oxygen atoms in total. The lowest BCUT2D eigenvalue weighted by Gasteiger charge is -2.32. The van der Waals surface area contributed by atoms with E-state index in [1.807, 2.05) is 30.3 Å². The van der Waals surface area contributed by atoms with Crippen LogP contribution in [-0.4, -0.2) is 58.1 Å². The third-order valence-corrected chi connectivity index (χ3v) is 4.48. The summed E-state index contributed by atoms with van der Waals surface area (Å²) >= 11 is 6.30. The summed E-state index contributed by atoms with van der Waals surface area (Å²) in [7, 11) is 2.13. The summed E-state index contributed by atoms with van der Waals surface area (Å²) in [5.41, 5.74) is 1.98. The van der Waals surface area contributed by atoms with Gasteiger partial charge in [-0.3, -0.25) is 0 Å². The maximum atomic E-state index is 6.30. The number of fused-ring (bicyclic) bond motifs is 1. The Morgan fingerprint density at radius 3 is 2.46 bits per heavy atom. The highest BCUT2D eigenvalue weighted by Crippen LogP contribution is 2.24. The molecule has 3 heterocycles. The average molecular weight is 341 g/mol. The van der Waals surface area contributed by atoms with Crippen LogP contribution in [0.25, 0.3) is 22.6 Å². The molecule has 1 aliphatic rings. The maximum Gasteiger partial charge on any atom is 0.185 e. The van der Waals surface area contributed by atoms with Crippen molar-refractivity contribution in [2.24, 2.45) is 0 Å². The summed E-state index contributed by atoms with van der Waals surface area (Å²) in [6.45, 7) is 3.89. The smallest absolute Gasteiger partial charge is 0.185 e. The number of piperazine rings is 1. The summed E-state index contributed by atoms with van der Waals surface area (Å²) < 4.78 is 0. The number of benzene rings is 1. The molecule has 0 unspecified atom stereocenters. The van der Waals surface area contributed by atoms with Crippen molar-refractivity contribution in [1.82, 2.24) is 24.8 Å². The molecule has 0 amide bonds. The van der Waals surface area contributed by atoms with Gasteiger partial charge < -0.3 is 9.80 Å². The van der Waals surface area contributed by atoms with Gasteiger partial charge in [-0.15, -0.1) is 0 Å². The molecule has 0 bridgehead atoms. The summed E-state index contributed by atoms with van der Waals surface area (Å²) in [6, 6.07) is 9.76. The SMILES string of the molecule is CN1CCN(c2cnc3c(Cl)nc(-c4ccccc4)nc3n2)CC1. The molecular formula is C17H17ClN6. The average Bonchev–Trinajstić information content (AvgIpc) is 2.62. The summed E-state index contributed by atoms with van der Waals surface area (Å²) in [6.07, 6.45) is 1.76. The second-order valence-electron chi connectivity index (χ2n) is 5.89. The van der Waals surface area contributed by atoms with Gasteiger partial charge in [-0.25, -0.2) is 19.9 Å². The first-order valence-electron chi connectivity index (χ1n) is 7.90. The van der Waals surface area contributed by atoms with Gasteiger partial charge in [0.1, 0.15) is 11.3 Å². The highest BCUT2D eigenvalue weighted by Gasteiger charge is 2.17. The summed E-state index contributed by atoms with van der Waals surface area (Å²) in [5, 5.41) is 0.330. The molecule has 0 spiro atoms. The van der Waals surface area contributed by atoms with E-state index in [2.05, 4.69) is 36.8 Å². The maximum absolute atomic E-state index is 6.30. The molecule has 0 atom stereocenters. The number of hydrogen-bond donors (Lipinski definition) is 0. The first-order valence-corrected chi connectivity index (χ1v) is 8.28. The number of halogens is 1. The Morgan fingerprint density at radius 1 is 0.958 bits per heavy atom. The van der Waals surface area contributed by atoms with Crippen molar-refractivity contribution in [2.75, 3.05) is 38.1 Å². The Labute approximate surface area is 145 Å². The van der Waals surface area contributed by atoms with Crippen LogP contribution in [0.5, 0.6) is 0 Å². The van der Waals surface area contributed by atoms with Gasteiger partial charge >= 0.3 is 0 Å². The number of anilines is 1. The molecule has 1 aromatic carbocycles. The van der Waals surface area contributed by atoms with Crippen molar-refractivity contribution >= 4 is 28.6 Å². The highest BCUT2D eigenvalue weighted by atomic mass is 35.5. The quantitative estimate of drug-likeness (QED) is 0.668. The standard InChI is InChI=1S/C17H17ClN6/c1-23-7-9-24(10-8-23)13-11-19-14-15(18)21-16(22-17(14)20-13)12-5-3-2-4-6-12/h2-6,11H,7-10H2,1H3. The van der Waals surface area contributed by atoms with Crippen LogP contribution < -0.4 is 4.90 Å². The van der Waals surface area contributed by atoms with E-state index < -0.39 is 0 Å². The van der Waals surface area contributed by atoms with Crippen molar-refractivity contribution in [3.05, 3.63) is 41.7 Å². The lowest BCUT2D eigenvalue weighted by atomic mass is 10.2. The van der Waals surface area contributed by atoms with Gasteiger partial charge in [0, 0.05) is 31.7 Å². The van der Waals surface area contributed by atoms with Crippen LogP contribution in [0.3, 0.4) is 0 Å². The zero-order valence-corrected chi connectivity index (χ0v) is 14.1. The molecule has 0 saturated carbocycles. The molecule has 122 valence electrons. The predicted molar refractivity (Wildman–Crippen MR) is 95.3 cm³/mol. The van der Waals surface area contributed by atoms with Gasteiger partial charge in [-0.2, -0.15) is 0 Å². The largest absolute Gasteiger partial charge is 0.353 e. The van der Waals surface area contributed by atoms with Gasteiger partial charge in [0.25, 0.3) is 0 Å². The normalized spacial score (nSPS) is 15.8. The minimum Gasteiger partial charge on any atom is -0.353 e. The Hall–Kier alpha value is -2.31. The van der Waals surface area contributed by atoms with E-state index >= 15 is 0 Å². The molecule has 4 rings (SSSR count). The van der Waals surface area contributed by atoms with Gasteiger partial charge in [0.05, 0.1) is 6.20 Å². The molecule has 0 radical (unpaired) electrons. The number of aromatic nitrogens is 4. The Bertz CT molecular complexity index is 862. The minimum absolute atomic E-state index is 0.330. The molecular weight excluding hydrogens is 324 g/mol. The molecule has 1 fully saturated rings. The van der Waals surface area contributed by atoms with Gasteiger partial charge in [-0.1, -0.05) is 41.9 Å². The number of hydrogen-bond acceptors (Lipinski definition) is 6. The van der Waals surface area contributed by atoms with Crippen LogP contribution in [0.4, 0.5) is 5.82 Å². The number of likely N-dealkylation sites (N-methyl/N-ethyl adjacent to an activating group) is 1. The van der Waals surface area contributed by atoms with Crippen molar-refractivity contribution in [2.45, 2.75) is 0 Å². The monoisotopic (exact) mass is 340 g/mol. The van der Waals surface area contributed by atoms with E-state index in [0.717, 1.165) is 37.6 Å². The Kier molecular flexibility index (Phi) is 4.00. The second kappa shape index (κ2) is 6.30. The van der Waals surface area contributed by atoms with Gasteiger partial charge in [-0.05, 0) is 7.05 Å². The number of nitrogens with zero attached hydrogens (tertiary/aromatic N) is 6. The van der Waals surface area contributed by atoms with Crippen LogP contribution >= 0.6 is 11.6 Å². The molecule has 7 heteroatoms. The third-order valence-electron chi connectivity index (χ3n) is 4.21. The minimum atomic E-state index is 0.330. The first-order chi connectivity index (χ1) is 11.7. The fraction of sp³-hybridized carbons (Fsp3) is 0.294. The van der Waals surface area contributed by atoms with Crippen LogP contribution in [0, 0.1) is 0 Å². The van der Waals surface area contributed by atoms with E-state index in [1.54, 1.807) is 6.20 Å². The molecule has 2 aromatic heterocycles. The van der Waals surface area contributed by atoms with E-state index in [-0.39, 0.29) is 0 Å². The first kappa shape index (κ1) is 15.2. The number of rotatable bonds is 2. The summed E-state index contributed by atoms with van der Waals surface area (Å²) in [5.74, 6) is 1.40. The van der Waals surface area contributed by atoms with Crippen molar-refractivity contribution in [3.63, 3.8) is 0 Å². The van der Waals surface area contributed by atoms with Crippen LogP contribution in [0.1, 0.15) is 0 Å². The van der Waals surface area contributed by atoms with Gasteiger partial charge in [0.2, 0.25) is 0 Å². The zero-order chi connectivity index (χ0) is 16.5. The van der Waals surface area contributed by atoms with Crippen LogP contribution in [0.15, 0.2) is 36.5 Å². The molecule has 3 aromatic rings. The summed E-state index contributed by atoms with van der Waals surface area (Å²) in [4.78, 5) is 22.6. The van der Waals surface area contributed by atoms with Crippen molar-refractivity contribution in [1.29, 1.82) is 0 Å². The highest BCUT2D eigenvalue weighted by molar-refractivity contribution is 6.33. The Balaban J connectivity index is 1.75. The molecule has 0 aliphatic carbocycles. The third kappa shape index (κ3) is 2.90. The van der Waals surface area contributed by atoms with Crippen molar-refractivity contribution < 1.29 is 0 Å². The van der Waals surface area contributed by atoms with E-state index in [0.29, 0.717) is 22.1 Å².